The van der Waals surface area contributed by atoms with Crippen molar-refractivity contribution >= 4 is 16.0 Å². The third-order valence-electron chi connectivity index (χ3n) is 4.77. The van der Waals surface area contributed by atoms with E-state index in [-0.39, 0.29) is 17.9 Å². The van der Waals surface area contributed by atoms with Crippen LogP contribution >= 0.6 is 0 Å². The van der Waals surface area contributed by atoms with Gasteiger partial charge >= 0.3 is 0 Å². The Hall–Kier alpha value is -2.18. The van der Waals surface area contributed by atoms with Crippen LogP contribution in [0.3, 0.4) is 0 Å². The highest BCUT2D eigenvalue weighted by molar-refractivity contribution is 7.89. The van der Waals surface area contributed by atoms with Crippen molar-refractivity contribution in [2.75, 3.05) is 6.54 Å². The second-order valence-corrected chi connectivity index (χ2v) is 8.33. The molecule has 0 aromatic heterocycles. The number of carboxylic acid groups (broad SMARTS) is 1. The molecule has 0 unspecified atom stereocenters. The van der Waals surface area contributed by atoms with E-state index in [1.807, 2.05) is 26.0 Å². The Bertz CT molecular complexity index is 879. The predicted octanol–water partition coefficient (Wildman–Crippen LogP) is 2.12. The SMILES string of the molecule is Cc1cc(C)c(C)c(S(=O)(=O)NC[C@H](CC(=O)[O-])c2ccccc2)c1C. The van der Waals surface area contributed by atoms with Gasteiger partial charge in [-0.05, 0) is 61.9 Å². The number of rotatable bonds is 7. The maximum atomic E-state index is 12.9. The maximum Gasteiger partial charge on any atom is 0.241 e. The van der Waals surface area contributed by atoms with Crippen molar-refractivity contribution in [1.82, 2.24) is 4.72 Å². The number of aliphatic carboxylic acids is 1. The maximum absolute atomic E-state index is 12.9. The van der Waals surface area contributed by atoms with Gasteiger partial charge in [-0.15, -0.1) is 0 Å². The number of nitrogens with one attached hydrogen (secondary N) is 1. The van der Waals surface area contributed by atoms with Gasteiger partial charge in [-0.25, -0.2) is 13.1 Å². The molecule has 0 saturated heterocycles. The Morgan fingerprint density at radius 2 is 1.58 bits per heavy atom. The second-order valence-electron chi connectivity index (χ2n) is 6.63. The molecule has 6 heteroatoms. The summed E-state index contributed by atoms with van der Waals surface area (Å²) in [4.78, 5) is 11.4. The fourth-order valence-corrected chi connectivity index (χ4v) is 4.79. The Morgan fingerprint density at radius 1 is 1.04 bits per heavy atom. The summed E-state index contributed by atoms with van der Waals surface area (Å²) in [6.07, 6.45) is -0.253. The van der Waals surface area contributed by atoms with Gasteiger partial charge in [0.05, 0.1) is 4.90 Å². The molecule has 2 aromatic rings. The van der Waals surface area contributed by atoms with E-state index in [9.17, 15) is 18.3 Å². The predicted molar refractivity (Wildman–Crippen MR) is 99.4 cm³/mol. The van der Waals surface area contributed by atoms with Gasteiger partial charge in [0.2, 0.25) is 10.0 Å². The first-order valence-corrected chi connectivity index (χ1v) is 9.93. The fraction of sp³-hybridized carbons (Fsp3) is 0.350. The van der Waals surface area contributed by atoms with Crippen LogP contribution in [0.4, 0.5) is 0 Å². The molecular formula is C20H24NO4S-. The summed E-state index contributed by atoms with van der Waals surface area (Å²) in [5.74, 6) is -1.71. The molecule has 2 rings (SSSR count). The monoisotopic (exact) mass is 374 g/mol. The smallest absolute Gasteiger partial charge is 0.241 e. The quantitative estimate of drug-likeness (QED) is 0.804. The minimum absolute atomic E-state index is 0.00774. The molecule has 1 N–H and O–H groups in total. The summed E-state index contributed by atoms with van der Waals surface area (Å²) in [6, 6.07) is 11.0. The van der Waals surface area contributed by atoms with Crippen molar-refractivity contribution in [3.05, 3.63) is 64.2 Å². The third kappa shape index (κ3) is 4.51. The molecule has 0 spiro atoms. The average molecular weight is 374 g/mol. The lowest BCUT2D eigenvalue weighted by molar-refractivity contribution is -0.306. The normalized spacial score (nSPS) is 12.8. The van der Waals surface area contributed by atoms with E-state index in [1.165, 1.54) is 0 Å². The largest absolute Gasteiger partial charge is 0.550 e. The van der Waals surface area contributed by atoms with Gasteiger partial charge in [-0.1, -0.05) is 36.4 Å². The van der Waals surface area contributed by atoms with Crippen LogP contribution in [0.5, 0.6) is 0 Å². The first kappa shape index (κ1) is 20.1. The number of hydrogen-bond donors (Lipinski definition) is 1. The molecule has 140 valence electrons. The molecule has 1 atom stereocenters. The molecule has 0 fully saturated rings. The molecule has 0 saturated carbocycles. The number of hydrogen-bond acceptors (Lipinski definition) is 4. The topological polar surface area (TPSA) is 86.3 Å². The molecule has 0 bridgehead atoms. The molecule has 2 aromatic carbocycles. The number of aryl methyl sites for hydroxylation is 2. The summed E-state index contributed by atoms with van der Waals surface area (Å²) in [5.41, 5.74) is 3.98. The molecule has 5 nitrogen and oxygen atoms in total. The van der Waals surface area contributed by atoms with E-state index in [1.54, 1.807) is 38.1 Å². The highest BCUT2D eigenvalue weighted by atomic mass is 32.2. The van der Waals surface area contributed by atoms with Crippen molar-refractivity contribution in [3.8, 4) is 0 Å². The van der Waals surface area contributed by atoms with Crippen molar-refractivity contribution in [2.45, 2.75) is 44.9 Å². The molecule has 0 aliphatic heterocycles. The molecule has 0 aliphatic carbocycles. The van der Waals surface area contributed by atoms with E-state index < -0.39 is 21.9 Å². The molecule has 0 amide bonds. The molecule has 0 radical (unpaired) electrons. The van der Waals surface area contributed by atoms with Gasteiger partial charge in [-0.3, -0.25) is 0 Å². The van der Waals surface area contributed by atoms with E-state index in [0.29, 0.717) is 11.1 Å². The summed E-state index contributed by atoms with van der Waals surface area (Å²) in [5, 5.41) is 11.1. The Morgan fingerprint density at radius 3 is 2.08 bits per heavy atom. The zero-order valence-corrected chi connectivity index (χ0v) is 16.3. The standard InChI is InChI=1S/C20H25NO4S/c1-13-10-14(2)16(4)20(15(13)3)26(24,25)21-12-18(11-19(22)23)17-8-6-5-7-9-17/h5-10,18,21H,11-12H2,1-4H3,(H,22,23)/p-1/t18-/m0/s1. The van der Waals surface area contributed by atoms with E-state index in [0.717, 1.165) is 16.7 Å². The van der Waals surface area contributed by atoms with Crippen LogP contribution in [-0.4, -0.2) is 20.9 Å². The summed E-state index contributed by atoms with van der Waals surface area (Å²) < 4.78 is 28.4. The van der Waals surface area contributed by atoms with Crippen LogP contribution in [-0.2, 0) is 14.8 Å². The van der Waals surface area contributed by atoms with Gasteiger partial charge in [0.1, 0.15) is 0 Å². The fourth-order valence-electron chi connectivity index (χ4n) is 3.10. The third-order valence-corrected chi connectivity index (χ3v) is 6.47. The molecule has 26 heavy (non-hydrogen) atoms. The van der Waals surface area contributed by atoms with E-state index in [2.05, 4.69) is 4.72 Å². The van der Waals surface area contributed by atoms with Crippen molar-refractivity contribution < 1.29 is 18.3 Å². The van der Waals surface area contributed by atoms with Crippen LogP contribution < -0.4 is 9.83 Å². The Balaban J connectivity index is 2.33. The zero-order chi connectivity index (χ0) is 19.5. The summed E-state index contributed by atoms with van der Waals surface area (Å²) >= 11 is 0. The number of carbonyl (C=O) groups excluding carboxylic acids is 1. The van der Waals surface area contributed by atoms with Crippen LogP contribution in [0.25, 0.3) is 0 Å². The number of carboxylic acids is 1. The first-order valence-electron chi connectivity index (χ1n) is 8.45. The highest BCUT2D eigenvalue weighted by Gasteiger charge is 2.23. The van der Waals surface area contributed by atoms with Crippen LogP contribution in [0.2, 0.25) is 0 Å². The van der Waals surface area contributed by atoms with Crippen LogP contribution in [0, 0.1) is 27.7 Å². The van der Waals surface area contributed by atoms with Gasteiger partial charge in [0, 0.05) is 18.4 Å². The average Bonchev–Trinajstić information content (AvgIpc) is 2.57. The Labute approximate surface area is 155 Å². The molecular weight excluding hydrogens is 350 g/mol. The van der Waals surface area contributed by atoms with E-state index >= 15 is 0 Å². The van der Waals surface area contributed by atoms with Gasteiger partial charge in [0.15, 0.2) is 0 Å². The van der Waals surface area contributed by atoms with Crippen LogP contribution in [0.1, 0.15) is 40.2 Å². The van der Waals surface area contributed by atoms with Crippen LogP contribution in [0.15, 0.2) is 41.3 Å². The number of sulfonamides is 1. The second kappa shape index (κ2) is 8.01. The number of benzene rings is 2. The lowest BCUT2D eigenvalue weighted by Crippen LogP contribution is -2.33. The molecule has 0 heterocycles. The highest BCUT2D eigenvalue weighted by Crippen LogP contribution is 2.26. The lowest BCUT2D eigenvalue weighted by atomic mass is 9.96. The van der Waals surface area contributed by atoms with Crippen molar-refractivity contribution in [3.63, 3.8) is 0 Å². The summed E-state index contributed by atoms with van der Waals surface area (Å²) in [7, 11) is -3.77. The summed E-state index contributed by atoms with van der Waals surface area (Å²) in [6.45, 7) is 7.32. The number of carbonyl (C=O) groups is 1. The minimum atomic E-state index is -3.77. The zero-order valence-electron chi connectivity index (χ0n) is 15.5. The van der Waals surface area contributed by atoms with Gasteiger partial charge in [0.25, 0.3) is 0 Å². The van der Waals surface area contributed by atoms with Gasteiger partial charge in [-0.2, -0.15) is 0 Å². The Kier molecular flexibility index (Phi) is 6.21. The van der Waals surface area contributed by atoms with E-state index in [4.69, 9.17) is 0 Å². The van der Waals surface area contributed by atoms with Crippen molar-refractivity contribution in [2.24, 2.45) is 0 Å². The molecule has 0 aliphatic rings. The first-order chi connectivity index (χ1) is 12.1. The minimum Gasteiger partial charge on any atom is -0.550 e. The lowest BCUT2D eigenvalue weighted by Gasteiger charge is -2.21. The van der Waals surface area contributed by atoms with Crippen molar-refractivity contribution in [1.29, 1.82) is 0 Å². The van der Waals surface area contributed by atoms with Gasteiger partial charge < -0.3 is 9.90 Å².